The Hall–Kier alpha value is -1.39. The van der Waals surface area contributed by atoms with Crippen molar-refractivity contribution in [2.75, 3.05) is 0 Å². The monoisotopic (exact) mass is 276 g/mol. The van der Waals surface area contributed by atoms with Gasteiger partial charge in [0, 0.05) is 17.1 Å². The van der Waals surface area contributed by atoms with E-state index < -0.39 is 0 Å². The zero-order chi connectivity index (χ0) is 11.0. The van der Waals surface area contributed by atoms with Crippen molar-refractivity contribution < 1.29 is 4.84 Å². The summed E-state index contributed by atoms with van der Waals surface area (Å²) in [5.41, 5.74) is 4.81. The maximum Gasteiger partial charge on any atom is 0.133 e. The number of para-hydroxylation sites is 1. The molecule has 3 rings (SSSR count). The lowest BCUT2D eigenvalue weighted by atomic mass is 10.1. The lowest BCUT2D eigenvalue weighted by molar-refractivity contribution is 0.0457. The summed E-state index contributed by atoms with van der Waals surface area (Å²) in [7, 11) is 0. The average molecular weight is 277 g/mol. The van der Waals surface area contributed by atoms with Gasteiger partial charge >= 0.3 is 0 Å². The second kappa shape index (κ2) is 3.88. The minimum atomic E-state index is -0.0773. The highest BCUT2D eigenvalue weighted by Crippen LogP contribution is 2.27. The van der Waals surface area contributed by atoms with Crippen LogP contribution in [0.1, 0.15) is 11.7 Å². The molecule has 1 aliphatic heterocycles. The smallest absolute Gasteiger partial charge is 0.133 e. The number of hydroxylamine groups is 1. The molecular formula is C12H9BrN2O. The summed E-state index contributed by atoms with van der Waals surface area (Å²) < 4.78 is 0.852. The van der Waals surface area contributed by atoms with Crippen LogP contribution in [0.2, 0.25) is 0 Å². The lowest BCUT2D eigenvalue weighted by Crippen LogP contribution is -2.05. The zero-order valence-corrected chi connectivity index (χ0v) is 9.94. The Bertz CT molecular complexity index is 568. The minimum absolute atomic E-state index is 0.0773. The van der Waals surface area contributed by atoms with Crippen molar-refractivity contribution in [3.8, 4) is 0 Å². The molecule has 0 amide bonds. The third-order valence-electron chi connectivity index (χ3n) is 2.52. The van der Waals surface area contributed by atoms with Crippen LogP contribution in [0.4, 0.5) is 0 Å². The first-order valence-electron chi connectivity index (χ1n) is 4.96. The van der Waals surface area contributed by atoms with E-state index in [0.717, 1.165) is 21.1 Å². The maximum absolute atomic E-state index is 5.37. The normalized spacial score (nSPS) is 19.6. The SMILES string of the molecule is BrC1=CC(c2cnc3ccccc3c2)ON1. The molecule has 0 radical (unpaired) electrons. The van der Waals surface area contributed by atoms with Crippen molar-refractivity contribution in [1.29, 1.82) is 0 Å². The van der Waals surface area contributed by atoms with Crippen molar-refractivity contribution in [1.82, 2.24) is 10.5 Å². The first-order valence-corrected chi connectivity index (χ1v) is 5.76. The summed E-state index contributed by atoms with van der Waals surface area (Å²) >= 11 is 3.33. The van der Waals surface area contributed by atoms with Gasteiger partial charge in [-0.25, -0.2) is 0 Å². The highest BCUT2D eigenvalue weighted by atomic mass is 79.9. The molecule has 1 N–H and O–H groups in total. The molecule has 1 aromatic heterocycles. The molecule has 0 saturated heterocycles. The van der Waals surface area contributed by atoms with E-state index in [1.807, 2.05) is 36.5 Å². The van der Waals surface area contributed by atoms with Gasteiger partial charge < -0.3 is 0 Å². The molecule has 3 nitrogen and oxygen atoms in total. The molecule has 0 bridgehead atoms. The largest absolute Gasteiger partial charge is 0.263 e. The highest BCUT2D eigenvalue weighted by molar-refractivity contribution is 9.11. The number of hydrogen-bond acceptors (Lipinski definition) is 3. The molecule has 80 valence electrons. The standard InChI is InChI=1S/C12H9BrN2O/c13-12-6-11(16-15-12)9-5-8-3-1-2-4-10(8)14-7-9/h1-7,11,15H. The average Bonchev–Trinajstić information content (AvgIpc) is 2.75. The number of pyridine rings is 1. The molecule has 0 fully saturated rings. The van der Waals surface area contributed by atoms with Crippen molar-refractivity contribution >= 4 is 26.8 Å². The maximum atomic E-state index is 5.37. The van der Waals surface area contributed by atoms with Gasteiger partial charge in [0.1, 0.15) is 10.7 Å². The van der Waals surface area contributed by atoms with Gasteiger partial charge in [0.05, 0.1) is 5.52 Å². The van der Waals surface area contributed by atoms with E-state index in [2.05, 4.69) is 32.5 Å². The topological polar surface area (TPSA) is 34.1 Å². The fourth-order valence-electron chi connectivity index (χ4n) is 1.73. The van der Waals surface area contributed by atoms with E-state index in [9.17, 15) is 0 Å². The quantitative estimate of drug-likeness (QED) is 0.813. The Morgan fingerprint density at radius 3 is 3.00 bits per heavy atom. The molecular weight excluding hydrogens is 268 g/mol. The number of hydrogen-bond donors (Lipinski definition) is 1. The fourth-order valence-corrected chi connectivity index (χ4v) is 2.06. The molecule has 0 saturated carbocycles. The first kappa shape index (κ1) is 9.81. The van der Waals surface area contributed by atoms with Crippen LogP contribution in [0.3, 0.4) is 0 Å². The van der Waals surface area contributed by atoms with Crippen LogP contribution in [0.25, 0.3) is 10.9 Å². The number of benzene rings is 1. The summed E-state index contributed by atoms with van der Waals surface area (Å²) in [6.07, 6.45) is 3.73. The third-order valence-corrected chi connectivity index (χ3v) is 2.95. The molecule has 2 heterocycles. The van der Waals surface area contributed by atoms with Gasteiger partial charge in [-0.3, -0.25) is 15.3 Å². The van der Waals surface area contributed by atoms with Gasteiger partial charge in [0.2, 0.25) is 0 Å². The van der Waals surface area contributed by atoms with Crippen LogP contribution >= 0.6 is 15.9 Å². The Morgan fingerprint density at radius 1 is 1.31 bits per heavy atom. The molecule has 1 unspecified atom stereocenters. The van der Waals surface area contributed by atoms with Crippen LogP contribution in [-0.2, 0) is 4.84 Å². The Morgan fingerprint density at radius 2 is 2.19 bits per heavy atom. The third kappa shape index (κ3) is 1.70. The molecule has 1 aromatic carbocycles. The summed E-state index contributed by atoms with van der Waals surface area (Å²) in [5, 5.41) is 1.13. The molecule has 0 aliphatic carbocycles. The Balaban J connectivity index is 2.05. The molecule has 2 aromatic rings. The van der Waals surface area contributed by atoms with Crippen molar-refractivity contribution in [3.63, 3.8) is 0 Å². The number of halogens is 1. The van der Waals surface area contributed by atoms with Crippen LogP contribution in [0.5, 0.6) is 0 Å². The summed E-state index contributed by atoms with van der Waals surface area (Å²) in [6, 6.07) is 10.1. The zero-order valence-electron chi connectivity index (χ0n) is 8.35. The molecule has 0 spiro atoms. The highest BCUT2D eigenvalue weighted by Gasteiger charge is 2.17. The van der Waals surface area contributed by atoms with Crippen LogP contribution in [-0.4, -0.2) is 4.98 Å². The molecule has 4 heteroatoms. The van der Waals surface area contributed by atoms with Crippen LogP contribution in [0.15, 0.2) is 47.2 Å². The molecule has 1 aliphatic rings. The Kier molecular flexibility index (Phi) is 2.38. The van der Waals surface area contributed by atoms with Gasteiger partial charge in [-0.1, -0.05) is 18.2 Å². The van der Waals surface area contributed by atoms with E-state index in [4.69, 9.17) is 4.84 Å². The minimum Gasteiger partial charge on any atom is -0.263 e. The lowest BCUT2D eigenvalue weighted by Gasteiger charge is -2.07. The summed E-state index contributed by atoms with van der Waals surface area (Å²) in [6.45, 7) is 0. The van der Waals surface area contributed by atoms with E-state index in [0.29, 0.717) is 0 Å². The second-order valence-corrected chi connectivity index (χ2v) is 4.47. The van der Waals surface area contributed by atoms with Crippen molar-refractivity contribution in [3.05, 3.63) is 52.8 Å². The summed E-state index contributed by atoms with van der Waals surface area (Å²) in [4.78, 5) is 9.77. The fraction of sp³-hybridized carbons (Fsp3) is 0.0833. The number of aromatic nitrogens is 1. The second-order valence-electron chi connectivity index (χ2n) is 3.62. The number of fused-ring (bicyclic) bond motifs is 1. The molecule has 1 atom stereocenters. The summed E-state index contributed by atoms with van der Waals surface area (Å²) in [5.74, 6) is 0. The van der Waals surface area contributed by atoms with Crippen molar-refractivity contribution in [2.45, 2.75) is 6.10 Å². The predicted molar refractivity (Wildman–Crippen MR) is 65.7 cm³/mol. The number of nitrogens with zero attached hydrogens (tertiary/aromatic N) is 1. The van der Waals surface area contributed by atoms with Gasteiger partial charge in [0.25, 0.3) is 0 Å². The first-order chi connectivity index (χ1) is 7.83. The van der Waals surface area contributed by atoms with E-state index >= 15 is 0 Å². The van der Waals surface area contributed by atoms with Gasteiger partial charge in [0.15, 0.2) is 0 Å². The number of rotatable bonds is 1. The van der Waals surface area contributed by atoms with E-state index in [-0.39, 0.29) is 6.10 Å². The molecule has 16 heavy (non-hydrogen) atoms. The Labute approximate surface area is 101 Å². The van der Waals surface area contributed by atoms with Gasteiger partial charge in [-0.05, 0) is 34.1 Å². The van der Waals surface area contributed by atoms with Gasteiger partial charge in [-0.15, -0.1) is 0 Å². The van der Waals surface area contributed by atoms with Gasteiger partial charge in [-0.2, -0.15) is 0 Å². The predicted octanol–water partition coefficient (Wildman–Crippen LogP) is 3.05. The van der Waals surface area contributed by atoms with Crippen LogP contribution in [0, 0.1) is 0 Å². The van der Waals surface area contributed by atoms with E-state index in [1.54, 1.807) is 0 Å². The number of nitrogens with one attached hydrogen (secondary N) is 1. The van der Waals surface area contributed by atoms with Crippen LogP contribution < -0.4 is 5.48 Å². The van der Waals surface area contributed by atoms with E-state index in [1.165, 1.54) is 0 Å². The van der Waals surface area contributed by atoms with Crippen molar-refractivity contribution in [2.24, 2.45) is 0 Å².